The van der Waals surface area contributed by atoms with Gasteiger partial charge in [0.25, 0.3) is 0 Å². The third-order valence-electron chi connectivity index (χ3n) is 4.08. The van der Waals surface area contributed by atoms with Crippen LogP contribution in [0.25, 0.3) is 11.3 Å². The number of hydrogen-bond acceptors (Lipinski definition) is 3. The highest BCUT2D eigenvalue weighted by molar-refractivity contribution is 5.78. The van der Waals surface area contributed by atoms with Crippen LogP contribution in [-0.2, 0) is 0 Å². The second kappa shape index (κ2) is 4.63. The third-order valence-corrected chi connectivity index (χ3v) is 4.08. The van der Waals surface area contributed by atoms with Gasteiger partial charge in [0.15, 0.2) is 6.17 Å². The first kappa shape index (κ1) is 13.0. The molecule has 1 aliphatic heterocycles. The fourth-order valence-corrected chi connectivity index (χ4v) is 3.06. The molecule has 2 aromatic carbocycles. The lowest BCUT2D eigenvalue weighted by Crippen LogP contribution is -2.25. The minimum atomic E-state index is -0.210. The summed E-state index contributed by atoms with van der Waals surface area (Å²) in [4.78, 5) is 0. The number of phenolic OH excluding ortho intramolecular Hbond substituents is 1. The van der Waals surface area contributed by atoms with Gasteiger partial charge in [-0.05, 0) is 38.1 Å². The van der Waals surface area contributed by atoms with E-state index in [9.17, 15) is 5.11 Å². The average Bonchev–Trinajstić information content (AvgIpc) is 2.91. The number of phenols is 1. The van der Waals surface area contributed by atoms with Crippen LogP contribution < -0.4 is 5.32 Å². The molecule has 0 saturated heterocycles. The van der Waals surface area contributed by atoms with Crippen molar-refractivity contribution in [1.29, 1.82) is 0 Å². The molecule has 0 saturated carbocycles. The molecule has 1 atom stereocenters. The zero-order valence-electron chi connectivity index (χ0n) is 12.5. The van der Waals surface area contributed by atoms with E-state index in [0.29, 0.717) is 0 Å². The monoisotopic (exact) mass is 291 g/mol. The third kappa shape index (κ3) is 1.88. The van der Waals surface area contributed by atoms with Crippen LogP contribution in [0.5, 0.6) is 5.75 Å². The number of hydrogen-bond donors (Lipinski definition) is 2. The maximum atomic E-state index is 10.3. The Morgan fingerprint density at radius 3 is 2.77 bits per heavy atom. The van der Waals surface area contributed by atoms with Crippen molar-refractivity contribution in [2.75, 3.05) is 5.32 Å². The van der Waals surface area contributed by atoms with Gasteiger partial charge in [0.1, 0.15) is 5.75 Å². The number of aromatic hydroxyl groups is 1. The molecule has 0 aliphatic carbocycles. The van der Waals surface area contributed by atoms with Gasteiger partial charge in [0.05, 0.1) is 11.4 Å². The van der Waals surface area contributed by atoms with Gasteiger partial charge in [-0.2, -0.15) is 5.10 Å². The van der Waals surface area contributed by atoms with Crippen molar-refractivity contribution in [3.63, 3.8) is 0 Å². The smallest absolute Gasteiger partial charge is 0.150 e. The lowest BCUT2D eigenvalue weighted by molar-refractivity contribution is 0.452. The molecule has 110 valence electrons. The Morgan fingerprint density at radius 1 is 1.09 bits per heavy atom. The Balaban J connectivity index is 1.94. The molecule has 0 amide bonds. The van der Waals surface area contributed by atoms with Gasteiger partial charge in [-0.3, -0.25) is 0 Å². The van der Waals surface area contributed by atoms with Crippen LogP contribution in [-0.4, -0.2) is 14.9 Å². The largest absolute Gasteiger partial charge is 0.508 e. The van der Waals surface area contributed by atoms with E-state index in [2.05, 4.69) is 28.6 Å². The first-order chi connectivity index (χ1) is 10.6. The number of fused-ring (bicyclic) bond motifs is 3. The molecular formula is C18H17N3O. The van der Waals surface area contributed by atoms with Gasteiger partial charge in [-0.1, -0.05) is 29.8 Å². The molecule has 3 aromatic rings. The van der Waals surface area contributed by atoms with Crippen LogP contribution in [0.15, 0.2) is 48.5 Å². The van der Waals surface area contributed by atoms with E-state index in [1.54, 1.807) is 6.07 Å². The Kier molecular flexibility index (Phi) is 2.73. The second-order valence-electron chi connectivity index (χ2n) is 5.77. The lowest BCUT2D eigenvalue weighted by atomic mass is 10.0. The van der Waals surface area contributed by atoms with Crippen LogP contribution >= 0.6 is 0 Å². The maximum Gasteiger partial charge on any atom is 0.150 e. The normalized spacial score (nSPS) is 15.8. The topological polar surface area (TPSA) is 50.1 Å². The molecule has 2 N–H and O–H groups in total. The molecule has 0 spiro atoms. The molecule has 4 heteroatoms. The highest BCUT2D eigenvalue weighted by Gasteiger charge is 2.27. The first-order valence-electron chi connectivity index (χ1n) is 7.35. The summed E-state index contributed by atoms with van der Waals surface area (Å²) in [7, 11) is 0. The first-order valence-corrected chi connectivity index (χ1v) is 7.35. The van der Waals surface area contributed by atoms with Crippen LogP contribution in [0, 0.1) is 13.8 Å². The van der Waals surface area contributed by atoms with Crippen molar-refractivity contribution in [3.05, 3.63) is 65.4 Å². The SMILES string of the molecule is Cc1ccc(O)c([C@@H]2Nc3ccccc3-c3cc(C)nn32)c1. The van der Waals surface area contributed by atoms with Crippen molar-refractivity contribution in [3.8, 4) is 17.0 Å². The minimum Gasteiger partial charge on any atom is -0.508 e. The fourth-order valence-electron chi connectivity index (χ4n) is 3.06. The van der Waals surface area contributed by atoms with Gasteiger partial charge in [0.2, 0.25) is 0 Å². The Labute approximate surface area is 129 Å². The Bertz CT molecular complexity index is 867. The summed E-state index contributed by atoms with van der Waals surface area (Å²) in [5.74, 6) is 0.279. The molecule has 2 heterocycles. The Morgan fingerprint density at radius 2 is 1.91 bits per heavy atom. The summed E-state index contributed by atoms with van der Waals surface area (Å²) in [5.41, 5.74) is 6.16. The molecule has 1 aliphatic rings. The van der Waals surface area contributed by atoms with Crippen LogP contribution in [0.3, 0.4) is 0 Å². The molecule has 0 bridgehead atoms. The number of anilines is 1. The zero-order chi connectivity index (χ0) is 15.3. The Hall–Kier alpha value is -2.75. The summed E-state index contributed by atoms with van der Waals surface area (Å²) < 4.78 is 1.95. The fraction of sp³-hybridized carbons (Fsp3) is 0.167. The van der Waals surface area contributed by atoms with Crippen molar-refractivity contribution in [2.24, 2.45) is 0 Å². The summed E-state index contributed by atoms with van der Waals surface area (Å²) in [5, 5.41) is 18.4. The van der Waals surface area contributed by atoms with Gasteiger partial charge >= 0.3 is 0 Å². The van der Waals surface area contributed by atoms with Crippen LogP contribution in [0.1, 0.15) is 23.0 Å². The summed E-state index contributed by atoms with van der Waals surface area (Å²) in [6.45, 7) is 4.01. The molecule has 4 nitrogen and oxygen atoms in total. The molecule has 22 heavy (non-hydrogen) atoms. The second-order valence-corrected chi connectivity index (χ2v) is 5.77. The van der Waals surface area contributed by atoms with E-state index in [1.165, 1.54) is 0 Å². The summed E-state index contributed by atoms with van der Waals surface area (Å²) >= 11 is 0. The van der Waals surface area contributed by atoms with E-state index >= 15 is 0 Å². The van der Waals surface area contributed by atoms with E-state index in [0.717, 1.165) is 33.8 Å². The zero-order valence-corrected chi connectivity index (χ0v) is 12.5. The summed E-state index contributed by atoms with van der Waals surface area (Å²) in [6.07, 6.45) is -0.210. The molecule has 4 rings (SSSR count). The minimum absolute atomic E-state index is 0.210. The molecular weight excluding hydrogens is 274 g/mol. The molecule has 1 aromatic heterocycles. The molecule has 0 unspecified atom stereocenters. The maximum absolute atomic E-state index is 10.3. The van der Waals surface area contributed by atoms with Gasteiger partial charge in [0, 0.05) is 16.8 Å². The predicted octanol–water partition coefficient (Wildman–Crippen LogP) is 3.84. The number of nitrogens with one attached hydrogen (secondary N) is 1. The number of para-hydroxylation sites is 1. The number of nitrogens with zero attached hydrogens (tertiary/aromatic N) is 2. The predicted molar refractivity (Wildman–Crippen MR) is 87.0 cm³/mol. The summed E-state index contributed by atoms with van der Waals surface area (Å²) in [6, 6.07) is 15.9. The number of rotatable bonds is 1. The van der Waals surface area contributed by atoms with Gasteiger partial charge in [-0.15, -0.1) is 0 Å². The van der Waals surface area contributed by atoms with Crippen molar-refractivity contribution < 1.29 is 5.11 Å². The van der Waals surface area contributed by atoms with E-state index in [1.807, 2.05) is 42.8 Å². The van der Waals surface area contributed by atoms with Gasteiger partial charge < -0.3 is 10.4 Å². The van der Waals surface area contributed by atoms with E-state index < -0.39 is 0 Å². The van der Waals surface area contributed by atoms with E-state index in [4.69, 9.17) is 0 Å². The van der Waals surface area contributed by atoms with Crippen LogP contribution in [0.4, 0.5) is 5.69 Å². The molecule has 0 radical (unpaired) electrons. The molecule has 0 fully saturated rings. The highest BCUT2D eigenvalue weighted by Crippen LogP contribution is 2.40. The van der Waals surface area contributed by atoms with Gasteiger partial charge in [-0.25, -0.2) is 4.68 Å². The number of aryl methyl sites for hydroxylation is 2. The lowest BCUT2D eigenvalue weighted by Gasteiger charge is -2.29. The van der Waals surface area contributed by atoms with Crippen LogP contribution in [0.2, 0.25) is 0 Å². The highest BCUT2D eigenvalue weighted by atomic mass is 16.3. The standard InChI is InChI=1S/C18H17N3O/c1-11-7-8-17(22)14(9-11)18-19-15-6-4-3-5-13(15)16-10-12(2)20-21(16)18/h3-10,18-19,22H,1-2H3/t18-/m1/s1. The van der Waals surface area contributed by atoms with E-state index in [-0.39, 0.29) is 11.9 Å². The van der Waals surface area contributed by atoms with Crippen molar-refractivity contribution in [1.82, 2.24) is 9.78 Å². The quantitative estimate of drug-likeness (QED) is 0.716. The van der Waals surface area contributed by atoms with Crippen molar-refractivity contribution in [2.45, 2.75) is 20.0 Å². The number of benzene rings is 2. The average molecular weight is 291 g/mol. The number of aromatic nitrogens is 2. The van der Waals surface area contributed by atoms with Crippen molar-refractivity contribution >= 4 is 5.69 Å².